The molecule has 1 aliphatic rings. The predicted octanol–water partition coefficient (Wildman–Crippen LogP) is 3.08. The number of ketones is 1. The second-order valence-corrected chi connectivity index (χ2v) is 3.77. The molecule has 0 radical (unpaired) electrons. The van der Waals surface area contributed by atoms with Gasteiger partial charge in [0, 0.05) is 17.5 Å². The minimum Gasteiger partial charge on any atom is -0.464 e. The molecule has 74 valence electrons. The van der Waals surface area contributed by atoms with Crippen molar-refractivity contribution >= 4 is 5.78 Å². The molecule has 1 aliphatic carbocycles. The van der Waals surface area contributed by atoms with Crippen molar-refractivity contribution in [3.8, 4) is 11.3 Å². The monoisotopic (exact) mass is 198 g/mol. The molecule has 1 heterocycles. The summed E-state index contributed by atoms with van der Waals surface area (Å²) in [6, 6.07) is 9.73. The molecule has 0 N–H and O–H groups in total. The third-order valence-corrected chi connectivity index (χ3v) is 2.84. The van der Waals surface area contributed by atoms with Gasteiger partial charge in [-0.3, -0.25) is 4.79 Å². The molecule has 15 heavy (non-hydrogen) atoms. The molecule has 2 heteroatoms. The predicted molar refractivity (Wildman–Crippen MR) is 56.8 cm³/mol. The van der Waals surface area contributed by atoms with Gasteiger partial charge in [0.1, 0.15) is 5.76 Å². The summed E-state index contributed by atoms with van der Waals surface area (Å²) in [6.07, 6.45) is 3.17. The van der Waals surface area contributed by atoms with E-state index in [2.05, 4.69) is 0 Å². The summed E-state index contributed by atoms with van der Waals surface area (Å²) < 4.78 is 5.30. The molecule has 2 aromatic rings. The Morgan fingerprint density at radius 2 is 2.07 bits per heavy atom. The van der Waals surface area contributed by atoms with Crippen LogP contribution in [0, 0.1) is 0 Å². The van der Waals surface area contributed by atoms with E-state index in [0.29, 0.717) is 6.42 Å². The first-order chi connectivity index (χ1) is 7.34. The van der Waals surface area contributed by atoms with Crippen molar-refractivity contribution in [1.82, 2.24) is 0 Å². The second-order valence-electron chi connectivity index (χ2n) is 3.77. The number of benzene rings is 1. The van der Waals surface area contributed by atoms with E-state index in [1.165, 1.54) is 0 Å². The Morgan fingerprint density at radius 3 is 2.87 bits per heavy atom. The highest BCUT2D eigenvalue weighted by Crippen LogP contribution is 2.28. The van der Waals surface area contributed by atoms with Crippen molar-refractivity contribution in [3.05, 3.63) is 47.7 Å². The molecule has 0 unspecified atom stereocenters. The van der Waals surface area contributed by atoms with Crippen LogP contribution < -0.4 is 0 Å². The van der Waals surface area contributed by atoms with E-state index in [4.69, 9.17) is 4.42 Å². The smallest absolute Gasteiger partial charge is 0.163 e. The number of hydrogen-bond donors (Lipinski definition) is 0. The summed E-state index contributed by atoms with van der Waals surface area (Å²) in [7, 11) is 0. The number of aryl methyl sites for hydroxylation is 1. The van der Waals surface area contributed by atoms with E-state index in [0.717, 1.165) is 28.9 Å². The summed E-state index contributed by atoms with van der Waals surface area (Å²) in [6.45, 7) is 0. The van der Waals surface area contributed by atoms with E-state index in [1.54, 1.807) is 6.26 Å². The van der Waals surface area contributed by atoms with Gasteiger partial charge in [-0.15, -0.1) is 0 Å². The SMILES string of the molecule is O=C1CCc2ccc(-c3ccco3)cc21. The van der Waals surface area contributed by atoms with Crippen LogP contribution in [0.15, 0.2) is 41.0 Å². The van der Waals surface area contributed by atoms with Gasteiger partial charge in [0.25, 0.3) is 0 Å². The van der Waals surface area contributed by atoms with Crippen LogP contribution in [-0.2, 0) is 6.42 Å². The average molecular weight is 198 g/mol. The Hall–Kier alpha value is -1.83. The highest BCUT2D eigenvalue weighted by Gasteiger charge is 2.19. The first-order valence-electron chi connectivity index (χ1n) is 5.04. The number of furan rings is 1. The van der Waals surface area contributed by atoms with Gasteiger partial charge in [0.2, 0.25) is 0 Å². The molecule has 1 aromatic carbocycles. The standard InChI is InChI=1S/C13H10O2/c14-12-6-5-9-3-4-10(8-11(9)12)13-2-1-7-15-13/h1-4,7-8H,5-6H2. The molecule has 0 saturated heterocycles. The normalized spacial score (nSPS) is 14.3. The zero-order chi connectivity index (χ0) is 10.3. The van der Waals surface area contributed by atoms with E-state index in [1.807, 2.05) is 30.3 Å². The molecule has 0 atom stereocenters. The molecule has 2 nitrogen and oxygen atoms in total. The lowest BCUT2D eigenvalue weighted by molar-refractivity contribution is 0.0994. The number of Topliss-reactive ketones (excluding diaryl/α,β-unsaturated/α-hetero) is 1. The third kappa shape index (κ3) is 1.30. The van der Waals surface area contributed by atoms with E-state index < -0.39 is 0 Å². The van der Waals surface area contributed by atoms with Crippen molar-refractivity contribution in [2.45, 2.75) is 12.8 Å². The number of fused-ring (bicyclic) bond motifs is 1. The van der Waals surface area contributed by atoms with E-state index in [9.17, 15) is 4.79 Å². The molecular weight excluding hydrogens is 188 g/mol. The Morgan fingerprint density at radius 1 is 1.13 bits per heavy atom. The molecule has 0 fully saturated rings. The maximum Gasteiger partial charge on any atom is 0.163 e. The summed E-state index contributed by atoms with van der Waals surface area (Å²) in [4.78, 5) is 11.6. The number of hydrogen-bond acceptors (Lipinski definition) is 2. The van der Waals surface area contributed by atoms with Crippen LogP contribution in [0.5, 0.6) is 0 Å². The van der Waals surface area contributed by atoms with Gasteiger partial charge in [-0.05, 0) is 30.2 Å². The highest BCUT2D eigenvalue weighted by atomic mass is 16.3. The molecule has 0 spiro atoms. The maximum absolute atomic E-state index is 11.6. The van der Waals surface area contributed by atoms with Gasteiger partial charge in [-0.25, -0.2) is 0 Å². The van der Waals surface area contributed by atoms with Crippen LogP contribution in [0.1, 0.15) is 22.3 Å². The Bertz CT molecular complexity index is 509. The van der Waals surface area contributed by atoms with Crippen LogP contribution in [0.4, 0.5) is 0 Å². The second kappa shape index (κ2) is 3.09. The van der Waals surface area contributed by atoms with Gasteiger partial charge >= 0.3 is 0 Å². The number of rotatable bonds is 1. The van der Waals surface area contributed by atoms with Crippen molar-refractivity contribution in [2.24, 2.45) is 0 Å². The molecular formula is C13H10O2. The van der Waals surface area contributed by atoms with Crippen LogP contribution in [-0.4, -0.2) is 5.78 Å². The lowest BCUT2D eigenvalue weighted by Gasteiger charge is -2.00. The summed E-state index contributed by atoms with van der Waals surface area (Å²) in [5.41, 5.74) is 3.01. The highest BCUT2D eigenvalue weighted by molar-refractivity contribution is 6.01. The zero-order valence-corrected chi connectivity index (χ0v) is 8.19. The van der Waals surface area contributed by atoms with Crippen molar-refractivity contribution in [1.29, 1.82) is 0 Å². The van der Waals surface area contributed by atoms with Crippen LogP contribution in [0.2, 0.25) is 0 Å². The van der Waals surface area contributed by atoms with E-state index >= 15 is 0 Å². The fraction of sp³-hybridized carbons (Fsp3) is 0.154. The van der Waals surface area contributed by atoms with Crippen molar-refractivity contribution < 1.29 is 9.21 Å². The topological polar surface area (TPSA) is 30.2 Å². The number of carbonyl (C=O) groups is 1. The van der Waals surface area contributed by atoms with Crippen molar-refractivity contribution in [3.63, 3.8) is 0 Å². The van der Waals surface area contributed by atoms with Crippen LogP contribution in [0.25, 0.3) is 11.3 Å². The third-order valence-electron chi connectivity index (χ3n) is 2.84. The Balaban J connectivity index is 2.13. The molecule has 1 aromatic heterocycles. The summed E-state index contributed by atoms with van der Waals surface area (Å²) in [5.74, 6) is 1.07. The molecule has 0 bridgehead atoms. The van der Waals surface area contributed by atoms with Crippen molar-refractivity contribution in [2.75, 3.05) is 0 Å². The molecule has 0 saturated carbocycles. The van der Waals surface area contributed by atoms with Crippen LogP contribution >= 0.6 is 0 Å². The zero-order valence-electron chi connectivity index (χ0n) is 8.19. The fourth-order valence-corrected chi connectivity index (χ4v) is 2.03. The average Bonchev–Trinajstić information content (AvgIpc) is 2.88. The maximum atomic E-state index is 11.6. The first-order valence-corrected chi connectivity index (χ1v) is 5.04. The van der Waals surface area contributed by atoms with Gasteiger partial charge in [-0.2, -0.15) is 0 Å². The fourth-order valence-electron chi connectivity index (χ4n) is 2.03. The van der Waals surface area contributed by atoms with Gasteiger partial charge in [-0.1, -0.05) is 12.1 Å². The van der Waals surface area contributed by atoms with Gasteiger partial charge < -0.3 is 4.42 Å². The molecule has 0 aliphatic heterocycles. The Labute approximate surface area is 87.5 Å². The quantitative estimate of drug-likeness (QED) is 0.704. The minimum absolute atomic E-state index is 0.249. The lowest BCUT2D eigenvalue weighted by Crippen LogP contribution is -1.91. The first kappa shape index (κ1) is 8.48. The molecule has 0 amide bonds. The largest absolute Gasteiger partial charge is 0.464 e. The Kier molecular flexibility index (Phi) is 1.75. The molecule has 3 rings (SSSR count). The van der Waals surface area contributed by atoms with E-state index in [-0.39, 0.29) is 5.78 Å². The number of carbonyl (C=O) groups excluding carboxylic acids is 1. The lowest BCUT2D eigenvalue weighted by atomic mass is 10.0. The van der Waals surface area contributed by atoms with Gasteiger partial charge in [0.15, 0.2) is 5.78 Å². The minimum atomic E-state index is 0.249. The summed E-state index contributed by atoms with van der Waals surface area (Å²) in [5, 5.41) is 0. The summed E-state index contributed by atoms with van der Waals surface area (Å²) >= 11 is 0. The van der Waals surface area contributed by atoms with Gasteiger partial charge in [0.05, 0.1) is 6.26 Å². The van der Waals surface area contributed by atoms with Crippen LogP contribution in [0.3, 0.4) is 0 Å².